The van der Waals surface area contributed by atoms with Gasteiger partial charge in [0.15, 0.2) is 0 Å². The number of halogens is 1. The molecular formula is C19H29FN2O. The van der Waals surface area contributed by atoms with E-state index in [9.17, 15) is 4.39 Å². The normalized spacial score (nSPS) is 31.9. The van der Waals surface area contributed by atoms with E-state index in [1.165, 1.54) is 18.9 Å². The van der Waals surface area contributed by atoms with Gasteiger partial charge in [-0.05, 0) is 75.7 Å². The van der Waals surface area contributed by atoms with Crippen molar-refractivity contribution in [2.75, 3.05) is 20.2 Å². The number of hydrogen-bond donors (Lipinski definition) is 2. The summed E-state index contributed by atoms with van der Waals surface area (Å²) >= 11 is 0. The minimum atomic E-state index is -0.123. The van der Waals surface area contributed by atoms with Crippen LogP contribution in [-0.4, -0.2) is 38.4 Å². The zero-order chi connectivity index (χ0) is 16.1. The lowest BCUT2D eigenvalue weighted by Gasteiger charge is -2.35. The van der Waals surface area contributed by atoms with Gasteiger partial charge in [0.25, 0.3) is 0 Å². The van der Waals surface area contributed by atoms with Crippen molar-refractivity contribution in [1.29, 1.82) is 0 Å². The third-order valence-corrected chi connectivity index (χ3v) is 5.46. The Kier molecular flexibility index (Phi) is 6.03. The molecule has 2 aliphatic rings. The molecule has 0 spiro atoms. The molecule has 2 atom stereocenters. The highest BCUT2D eigenvalue weighted by Gasteiger charge is 2.27. The molecule has 0 aromatic heterocycles. The van der Waals surface area contributed by atoms with E-state index in [1.807, 2.05) is 13.1 Å². The quantitative estimate of drug-likeness (QED) is 0.874. The first-order chi connectivity index (χ1) is 11.3. The second-order valence-corrected chi connectivity index (χ2v) is 6.96. The molecule has 1 heterocycles. The Morgan fingerprint density at radius 1 is 1.22 bits per heavy atom. The summed E-state index contributed by atoms with van der Waals surface area (Å²) in [5.41, 5.74) is 1.15. The van der Waals surface area contributed by atoms with Crippen LogP contribution in [0.25, 0.3) is 0 Å². The second-order valence-electron chi connectivity index (χ2n) is 6.96. The highest BCUT2D eigenvalue weighted by atomic mass is 19.1. The van der Waals surface area contributed by atoms with Gasteiger partial charge in [-0.3, -0.25) is 0 Å². The molecule has 0 amide bonds. The molecule has 2 fully saturated rings. The van der Waals surface area contributed by atoms with Gasteiger partial charge in [0.2, 0.25) is 0 Å². The summed E-state index contributed by atoms with van der Waals surface area (Å²) in [6.45, 7) is 1.89. The molecule has 3 rings (SSSR count). The zero-order valence-corrected chi connectivity index (χ0v) is 14.1. The summed E-state index contributed by atoms with van der Waals surface area (Å²) in [4.78, 5) is 0. The van der Waals surface area contributed by atoms with Gasteiger partial charge in [-0.15, -0.1) is 0 Å². The van der Waals surface area contributed by atoms with E-state index < -0.39 is 0 Å². The van der Waals surface area contributed by atoms with Gasteiger partial charge in [-0.1, -0.05) is 12.1 Å². The number of likely N-dealkylation sites (N-methyl/N-ethyl adjacent to an activating group) is 1. The van der Waals surface area contributed by atoms with E-state index in [2.05, 4.69) is 16.7 Å². The molecule has 2 N–H and O–H groups in total. The monoisotopic (exact) mass is 320 g/mol. The fourth-order valence-electron chi connectivity index (χ4n) is 4.04. The number of ether oxygens (including phenoxy) is 1. The predicted molar refractivity (Wildman–Crippen MR) is 91.2 cm³/mol. The Balaban J connectivity index is 1.44. The predicted octanol–water partition coefficient (Wildman–Crippen LogP) is 3.21. The maximum atomic E-state index is 13.4. The number of piperidine rings is 1. The molecule has 1 aliphatic heterocycles. The Hall–Kier alpha value is -0.970. The van der Waals surface area contributed by atoms with Crippen LogP contribution in [0.4, 0.5) is 4.39 Å². The standard InChI is InChI=1S/C19H29FN2O/c1-21-18-6-3-11-22-19(18)13-23-17-9-7-14(8-10-17)15-4-2-5-16(20)12-15/h2,4-5,12,14,17-19,21-22H,3,6-11,13H2,1H3/t14?,17?,18?,19-/m0/s1. The van der Waals surface area contributed by atoms with Crippen molar-refractivity contribution in [3.05, 3.63) is 35.6 Å². The number of hydrogen-bond acceptors (Lipinski definition) is 3. The molecule has 128 valence electrons. The van der Waals surface area contributed by atoms with Crippen LogP contribution in [0.5, 0.6) is 0 Å². The van der Waals surface area contributed by atoms with Crippen LogP contribution < -0.4 is 10.6 Å². The molecule has 0 radical (unpaired) electrons. The molecule has 0 bridgehead atoms. The van der Waals surface area contributed by atoms with Crippen LogP contribution in [0, 0.1) is 5.82 Å². The summed E-state index contributed by atoms with van der Waals surface area (Å²) in [5.74, 6) is 0.366. The summed E-state index contributed by atoms with van der Waals surface area (Å²) in [7, 11) is 2.04. The van der Waals surface area contributed by atoms with E-state index in [0.717, 1.165) is 44.4 Å². The third-order valence-electron chi connectivity index (χ3n) is 5.46. The number of benzene rings is 1. The summed E-state index contributed by atoms with van der Waals surface area (Å²) in [5, 5.41) is 6.97. The number of nitrogens with one attached hydrogen (secondary N) is 2. The van der Waals surface area contributed by atoms with E-state index >= 15 is 0 Å². The average Bonchev–Trinajstić information content (AvgIpc) is 2.60. The van der Waals surface area contributed by atoms with Crippen LogP contribution >= 0.6 is 0 Å². The first kappa shape index (κ1) is 16.9. The largest absolute Gasteiger partial charge is 0.377 e. The van der Waals surface area contributed by atoms with E-state index in [-0.39, 0.29) is 5.82 Å². The lowest BCUT2D eigenvalue weighted by molar-refractivity contribution is 0.00426. The molecule has 1 aromatic rings. The van der Waals surface area contributed by atoms with Gasteiger partial charge in [-0.25, -0.2) is 4.39 Å². The summed E-state index contributed by atoms with van der Waals surface area (Å²) < 4.78 is 19.5. The van der Waals surface area contributed by atoms with Gasteiger partial charge < -0.3 is 15.4 Å². The maximum Gasteiger partial charge on any atom is 0.123 e. The molecule has 4 heteroatoms. The molecule has 1 unspecified atom stereocenters. The van der Waals surface area contributed by atoms with Gasteiger partial charge in [0.05, 0.1) is 12.7 Å². The van der Waals surface area contributed by atoms with Crippen LogP contribution in [0.15, 0.2) is 24.3 Å². The van der Waals surface area contributed by atoms with E-state index in [0.29, 0.717) is 24.1 Å². The highest BCUT2D eigenvalue weighted by molar-refractivity contribution is 5.21. The SMILES string of the molecule is CNC1CCCN[C@H]1COC1CCC(c2cccc(F)c2)CC1. The molecular weight excluding hydrogens is 291 g/mol. The van der Waals surface area contributed by atoms with Gasteiger partial charge >= 0.3 is 0 Å². The summed E-state index contributed by atoms with van der Waals surface area (Å²) in [6.07, 6.45) is 7.19. The fraction of sp³-hybridized carbons (Fsp3) is 0.684. The first-order valence-electron chi connectivity index (χ1n) is 9.04. The van der Waals surface area contributed by atoms with Crippen molar-refractivity contribution in [2.24, 2.45) is 0 Å². The van der Waals surface area contributed by atoms with Crippen molar-refractivity contribution in [3.8, 4) is 0 Å². The van der Waals surface area contributed by atoms with Gasteiger partial charge in [-0.2, -0.15) is 0 Å². The molecule has 1 aliphatic carbocycles. The Bertz CT molecular complexity index is 488. The van der Waals surface area contributed by atoms with Crippen molar-refractivity contribution < 1.29 is 9.13 Å². The fourth-order valence-corrected chi connectivity index (χ4v) is 4.04. The number of rotatable bonds is 5. The van der Waals surface area contributed by atoms with Crippen molar-refractivity contribution in [2.45, 2.75) is 62.6 Å². The molecule has 1 saturated carbocycles. The zero-order valence-electron chi connectivity index (χ0n) is 14.1. The van der Waals surface area contributed by atoms with E-state index in [4.69, 9.17) is 4.74 Å². The molecule has 3 nitrogen and oxygen atoms in total. The van der Waals surface area contributed by atoms with E-state index in [1.54, 1.807) is 6.07 Å². The lowest BCUT2D eigenvalue weighted by Crippen LogP contribution is -2.53. The first-order valence-corrected chi connectivity index (χ1v) is 9.04. The van der Waals surface area contributed by atoms with Gasteiger partial charge in [0, 0.05) is 12.1 Å². The van der Waals surface area contributed by atoms with Crippen LogP contribution in [-0.2, 0) is 4.74 Å². The molecule has 1 aromatic carbocycles. The third kappa shape index (κ3) is 4.52. The Labute approximate surface area is 139 Å². The van der Waals surface area contributed by atoms with Crippen molar-refractivity contribution in [1.82, 2.24) is 10.6 Å². The van der Waals surface area contributed by atoms with Crippen LogP contribution in [0.1, 0.15) is 50.0 Å². The van der Waals surface area contributed by atoms with Crippen molar-refractivity contribution >= 4 is 0 Å². The Morgan fingerprint density at radius 3 is 2.78 bits per heavy atom. The lowest BCUT2D eigenvalue weighted by atomic mass is 9.82. The highest BCUT2D eigenvalue weighted by Crippen LogP contribution is 2.34. The maximum absolute atomic E-state index is 13.4. The Morgan fingerprint density at radius 2 is 2.04 bits per heavy atom. The van der Waals surface area contributed by atoms with Crippen LogP contribution in [0.2, 0.25) is 0 Å². The van der Waals surface area contributed by atoms with Crippen molar-refractivity contribution in [3.63, 3.8) is 0 Å². The van der Waals surface area contributed by atoms with Gasteiger partial charge in [0.1, 0.15) is 5.82 Å². The minimum absolute atomic E-state index is 0.123. The second kappa shape index (κ2) is 8.22. The molecule has 23 heavy (non-hydrogen) atoms. The average molecular weight is 320 g/mol. The minimum Gasteiger partial charge on any atom is -0.377 e. The molecule has 1 saturated heterocycles. The smallest absolute Gasteiger partial charge is 0.123 e. The van der Waals surface area contributed by atoms with Crippen LogP contribution in [0.3, 0.4) is 0 Å². The topological polar surface area (TPSA) is 33.3 Å². The summed E-state index contributed by atoms with van der Waals surface area (Å²) in [6, 6.07) is 8.03.